The van der Waals surface area contributed by atoms with E-state index in [1.54, 1.807) is 43.3 Å². The van der Waals surface area contributed by atoms with Gasteiger partial charge in [-0.15, -0.1) is 0 Å². The molecule has 0 radical (unpaired) electrons. The molecule has 2 aromatic carbocycles. The van der Waals surface area contributed by atoms with Gasteiger partial charge in [-0.2, -0.15) is 0 Å². The van der Waals surface area contributed by atoms with Crippen molar-refractivity contribution < 1.29 is 14.0 Å². The third-order valence-electron chi connectivity index (χ3n) is 4.93. The summed E-state index contributed by atoms with van der Waals surface area (Å²) in [5, 5.41) is 2.95. The number of carbonyl (C=O) groups excluding carboxylic acids is 2. The van der Waals surface area contributed by atoms with Crippen LogP contribution in [0.25, 0.3) is 0 Å². The molecule has 0 bridgehead atoms. The zero-order chi connectivity index (χ0) is 22.2. The summed E-state index contributed by atoms with van der Waals surface area (Å²) in [5.41, 5.74) is 2.37. The predicted octanol–water partition coefficient (Wildman–Crippen LogP) is 4.26. The molecule has 0 saturated carbocycles. The number of halogens is 1. The highest BCUT2D eigenvalue weighted by atomic mass is 19.1. The Kier molecular flexibility index (Phi) is 7.49. The fourth-order valence-corrected chi connectivity index (χ4v) is 3.31. The van der Waals surface area contributed by atoms with Crippen molar-refractivity contribution in [2.45, 2.75) is 33.0 Å². The molecule has 1 N–H and O–H groups in total. The molecule has 6 heteroatoms. The number of carbonyl (C=O) groups is 2. The van der Waals surface area contributed by atoms with Gasteiger partial charge in [-0.25, -0.2) is 4.39 Å². The molecule has 1 heterocycles. The number of benzene rings is 2. The molecule has 0 spiro atoms. The fraction of sp³-hybridized carbons (Fsp3) is 0.240. The second kappa shape index (κ2) is 10.5. The van der Waals surface area contributed by atoms with Gasteiger partial charge < -0.3 is 10.2 Å². The molecule has 0 aliphatic carbocycles. The minimum absolute atomic E-state index is 0.155. The molecular weight excluding hydrogens is 393 g/mol. The first-order valence-electron chi connectivity index (χ1n) is 10.2. The number of hydrogen-bond acceptors (Lipinski definition) is 3. The van der Waals surface area contributed by atoms with Crippen LogP contribution in [-0.4, -0.2) is 21.7 Å². The minimum atomic E-state index is -0.817. The maximum absolute atomic E-state index is 13.4. The van der Waals surface area contributed by atoms with Crippen LogP contribution in [0.5, 0.6) is 0 Å². The fourth-order valence-electron chi connectivity index (χ4n) is 3.31. The summed E-state index contributed by atoms with van der Waals surface area (Å²) < 4.78 is 13.4. The summed E-state index contributed by atoms with van der Waals surface area (Å²) in [6.07, 6.45) is 3.33. The summed E-state index contributed by atoms with van der Waals surface area (Å²) in [6, 6.07) is 18.0. The topological polar surface area (TPSA) is 62.3 Å². The maximum atomic E-state index is 13.4. The van der Waals surface area contributed by atoms with Crippen LogP contribution in [0.15, 0.2) is 79.1 Å². The molecule has 31 heavy (non-hydrogen) atoms. The van der Waals surface area contributed by atoms with Gasteiger partial charge in [0.15, 0.2) is 0 Å². The van der Waals surface area contributed by atoms with E-state index in [9.17, 15) is 14.0 Å². The number of pyridine rings is 1. The third kappa shape index (κ3) is 5.98. The quantitative estimate of drug-likeness (QED) is 0.593. The SMILES string of the molecule is CC(C)C(=O)N(Cc1ccc(F)cc1)[C@@H](C(=O)NCc1ccncc1)c1ccccc1. The molecule has 0 aliphatic rings. The summed E-state index contributed by atoms with van der Waals surface area (Å²) >= 11 is 0. The summed E-state index contributed by atoms with van der Waals surface area (Å²) in [5.74, 6) is -1.09. The van der Waals surface area contributed by atoms with Crippen LogP contribution in [0.1, 0.15) is 36.6 Å². The van der Waals surface area contributed by atoms with Crippen molar-refractivity contribution in [3.8, 4) is 0 Å². The number of amides is 2. The van der Waals surface area contributed by atoms with Gasteiger partial charge in [-0.05, 0) is 41.0 Å². The van der Waals surface area contributed by atoms with E-state index in [2.05, 4.69) is 10.3 Å². The number of rotatable bonds is 8. The largest absolute Gasteiger partial charge is 0.350 e. The lowest BCUT2D eigenvalue weighted by Crippen LogP contribution is -2.44. The van der Waals surface area contributed by atoms with Crippen molar-refractivity contribution in [1.29, 1.82) is 0 Å². The minimum Gasteiger partial charge on any atom is -0.350 e. The lowest BCUT2D eigenvalue weighted by atomic mass is 10.0. The van der Waals surface area contributed by atoms with Crippen molar-refractivity contribution in [3.05, 3.63) is 102 Å². The zero-order valence-corrected chi connectivity index (χ0v) is 17.7. The first-order chi connectivity index (χ1) is 15.0. The molecule has 0 aliphatic heterocycles. The van der Waals surface area contributed by atoms with Crippen molar-refractivity contribution >= 4 is 11.8 Å². The van der Waals surface area contributed by atoms with Gasteiger partial charge in [0.1, 0.15) is 11.9 Å². The Balaban J connectivity index is 1.93. The van der Waals surface area contributed by atoms with Gasteiger partial charge in [0.2, 0.25) is 11.8 Å². The van der Waals surface area contributed by atoms with E-state index < -0.39 is 6.04 Å². The summed E-state index contributed by atoms with van der Waals surface area (Å²) in [4.78, 5) is 32.1. The highest BCUT2D eigenvalue weighted by Crippen LogP contribution is 2.26. The number of hydrogen-bond donors (Lipinski definition) is 1. The molecule has 0 unspecified atom stereocenters. The second-order valence-corrected chi connectivity index (χ2v) is 7.63. The molecule has 160 valence electrons. The van der Waals surface area contributed by atoms with Gasteiger partial charge in [0.25, 0.3) is 0 Å². The Morgan fingerprint density at radius 1 is 0.935 bits per heavy atom. The van der Waals surface area contributed by atoms with Crippen LogP contribution in [0, 0.1) is 11.7 Å². The van der Waals surface area contributed by atoms with E-state index in [0.717, 1.165) is 11.1 Å². The highest BCUT2D eigenvalue weighted by Gasteiger charge is 2.32. The van der Waals surface area contributed by atoms with Crippen molar-refractivity contribution in [1.82, 2.24) is 15.2 Å². The predicted molar refractivity (Wildman–Crippen MR) is 117 cm³/mol. The van der Waals surface area contributed by atoms with Crippen LogP contribution in [0.2, 0.25) is 0 Å². The third-order valence-corrected chi connectivity index (χ3v) is 4.93. The summed E-state index contributed by atoms with van der Waals surface area (Å²) in [6.45, 7) is 4.12. The molecule has 1 atom stereocenters. The van der Waals surface area contributed by atoms with Gasteiger partial charge >= 0.3 is 0 Å². The first kappa shape index (κ1) is 22.2. The van der Waals surface area contributed by atoms with Crippen molar-refractivity contribution in [2.24, 2.45) is 5.92 Å². The Morgan fingerprint density at radius 2 is 1.58 bits per heavy atom. The highest BCUT2D eigenvalue weighted by molar-refractivity contribution is 5.89. The molecule has 5 nitrogen and oxygen atoms in total. The Labute approximate surface area is 181 Å². The lowest BCUT2D eigenvalue weighted by molar-refractivity contribution is -0.144. The molecule has 0 saturated heterocycles. The average molecular weight is 420 g/mol. The van der Waals surface area contributed by atoms with E-state index in [-0.39, 0.29) is 30.1 Å². The number of aromatic nitrogens is 1. The van der Waals surface area contributed by atoms with Crippen LogP contribution in [0.3, 0.4) is 0 Å². The van der Waals surface area contributed by atoms with E-state index in [1.165, 1.54) is 12.1 Å². The average Bonchev–Trinajstić information content (AvgIpc) is 2.79. The van der Waals surface area contributed by atoms with Gasteiger partial charge in [-0.3, -0.25) is 14.6 Å². The normalized spacial score (nSPS) is 11.7. The van der Waals surface area contributed by atoms with Gasteiger partial charge in [-0.1, -0.05) is 56.3 Å². The molecule has 3 aromatic rings. The van der Waals surface area contributed by atoms with Crippen molar-refractivity contribution in [3.63, 3.8) is 0 Å². The van der Waals surface area contributed by atoms with Gasteiger partial charge in [0, 0.05) is 31.4 Å². The molecule has 1 aromatic heterocycles. The van der Waals surface area contributed by atoms with E-state index in [4.69, 9.17) is 0 Å². The smallest absolute Gasteiger partial charge is 0.247 e. The lowest BCUT2D eigenvalue weighted by Gasteiger charge is -2.33. The maximum Gasteiger partial charge on any atom is 0.247 e. The van der Waals surface area contributed by atoms with E-state index in [0.29, 0.717) is 12.1 Å². The first-order valence-corrected chi connectivity index (χ1v) is 10.2. The monoisotopic (exact) mass is 419 g/mol. The van der Waals surface area contributed by atoms with Crippen LogP contribution < -0.4 is 5.32 Å². The van der Waals surface area contributed by atoms with Crippen LogP contribution in [0.4, 0.5) is 4.39 Å². The standard InChI is InChI=1S/C25H26FN3O2/c1-18(2)25(31)29(17-20-8-10-22(26)11-9-20)23(21-6-4-3-5-7-21)24(30)28-16-19-12-14-27-15-13-19/h3-15,18,23H,16-17H2,1-2H3,(H,28,30)/t23-/m1/s1. The van der Waals surface area contributed by atoms with Crippen LogP contribution in [-0.2, 0) is 22.7 Å². The van der Waals surface area contributed by atoms with E-state index >= 15 is 0 Å². The van der Waals surface area contributed by atoms with Crippen molar-refractivity contribution in [2.75, 3.05) is 0 Å². The Morgan fingerprint density at radius 3 is 2.19 bits per heavy atom. The Bertz CT molecular complexity index is 992. The number of nitrogens with zero attached hydrogens (tertiary/aromatic N) is 2. The molecular formula is C25H26FN3O2. The molecule has 3 rings (SSSR count). The van der Waals surface area contributed by atoms with Gasteiger partial charge in [0.05, 0.1) is 0 Å². The van der Waals surface area contributed by atoms with E-state index in [1.807, 2.05) is 42.5 Å². The molecule has 2 amide bonds. The Hall–Kier alpha value is -3.54. The zero-order valence-electron chi connectivity index (χ0n) is 17.7. The van der Waals surface area contributed by atoms with Crippen LogP contribution >= 0.6 is 0 Å². The molecule has 0 fully saturated rings. The number of nitrogens with one attached hydrogen (secondary N) is 1. The summed E-state index contributed by atoms with van der Waals surface area (Å²) in [7, 11) is 0. The second-order valence-electron chi connectivity index (χ2n) is 7.63.